The topological polar surface area (TPSA) is 41.5 Å². The first-order valence-corrected chi connectivity index (χ1v) is 5.52. The number of rotatable bonds is 6. The van der Waals surface area contributed by atoms with E-state index in [9.17, 15) is 5.11 Å². The molecule has 3 nitrogen and oxygen atoms in total. The van der Waals surface area contributed by atoms with Gasteiger partial charge in [0.05, 0.1) is 12.7 Å². The molecule has 0 amide bonds. The average Bonchev–Trinajstić information content (AvgIpc) is 2.27. The molecule has 1 rings (SSSR count). The van der Waals surface area contributed by atoms with Gasteiger partial charge in [-0.15, -0.1) is 0 Å². The predicted molar refractivity (Wildman–Crippen MR) is 65.4 cm³/mol. The van der Waals surface area contributed by atoms with Gasteiger partial charge in [0.1, 0.15) is 0 Å². The van der Waals surface area contributed by atoms with Gasteiger partial charge in [-0.2, -0.15) is 0 Å². The van der Waals surface area contributed by atoms with E-state index in [1.807, 2.05) is 44.2 Å². The van der Waals surface area contributed by atoms with E-state index in [2.05, 4.69) is 5.32 Å². The van der Waals surface area contributed by atoms with E-state index in [0.717, 1.165) is 5.56 Å². The van der Waals surface area contributed by atoms with Crippen LogP contribution in [0.1, 0.15) is 25.5 Å². The van der Waals surface area contributed by atoms with E-state index in [4.69, 9.17) is 4.74 Å². The quantitative estimate of drug-likeness (QED) is 0.772. The summed E-state index contributed by atoms with van der Waals surface area (Å²) in [7, 11) is 1.68. The van der Waals surface area contributed by atoms with Crippen LogP contribution in [-0.2, 0) is 4.74 Å². The number of hydrogen-bond donors (Lipinski definition) is 2. The first kappa shape index (κ1) is 13.2. The van der Waals surface area contributed by atoms with Gasteiger partial charge in [-0.3, -0.25) is 0 Å². The smallest absolute Gasteiger partial charge is 0.0914 e. The van der Waals surface area contributed by atoms with Gasteiger partial charge in [-0.05, 0) is 19.4 Å². The summed E-state index contributed by atoms with van der Waals surface area (Å²) in [6.45, 7) is 5.25. The van der Waals surface area contributed by atoms with Gasteiger partial charge >= 0.3 is 0 Å². The van der Waals surface area contributed by atoms with Gasteiger partial charge in [0.25, 0.3) is 0 Å². The van der Waals surface area contributed by atoms with Crippen molar-refractivity contribution < 1.29 is 9.84 Å². The second-order valence-corrected chi connectivity index (χ2v) is 4.62. The summed E-state index contributed by atoms with van der Waals surface area (Å²) >= 11 is 0. The van der Waals surface area contributed by atoms with Crippen molar-refractivity contribution in [3.8, 4) is 0 Å². The summed E-state index contributed by atoms with van der Waals surface area (Å²) in [5.41, 5.74) is 0.813. The van der Waals surface area contributed by atoms with Crippen molar-refractivity contribution in [2.75, 3.05) is 20.3 Å². The molecule has 16 heavy (non-hydrogen) atoms. The van der Waals surface area contributed by atoms with Crippen molar-refractivity contribution in [1.29, 1.82) is 0 Å². The van der Waals surface area contributed by atoms with Gasteiger partial charge in [0.2, 0.25) is 0 Å². The Morgan fingerprint density at radius 2 is 1.94 bits per heavy atom. The Kier molecular flexibility index (Phi) is 4.93. The van der Waals surface area contributed by atoms with Crippen molar-refractivity contribution in [3.05, 3.63) is 35.9 Å². The Labute approximate surface area is 97.4 Å². The van der Waals surface area contributed by atoms with E-state index in [1.165, 1.54) is 0 Å². The van der Waals surface area contributed by atoms with Crippen LogP contribution >= 0.6 is 0 Å². The third-order valence-corrected chi connectivity index (χ3v) is 2.46. The number of ether oxygens (including phenoxy) is 1. The normalized spacial score (nSPS) is 13.8. The van der Waals surface area contributed by atoms with E-state index < -0.39 is 6.10 Å². The maximum absolute atomic E-state index is 9.95. The minimum absolute atomic E-state index is 0.121. The number of methoxy groups -OCH3 is 1. The van der Waals surface area contributed by atoms with Crippen LogP contribution in [0, 0.1) is 0 Å². The summed E-state index contributed by atoms with van der Waals surface area (Å²) in [6, 6.07) is 9.65. The van der Waals surface area contributed by atoms with Gasteiger partial charge in [0, 0.05) is 19.2 Å². The van der Waals surface area contributed by atoms with E-state index >= 15 is 0 Å². The SMILES string of the molecule is COCC(C)(C)NCC(O)c1ccccc1. The Bertz CT molecular complexity index is 298. The molecule has 0 saturated carbocycles. The lowest BCUT2D eigenvalue weighted by molar-refractivity contribution is 0.107. The number of aliphatic hydroxyl groups is 1. The lowest BCUT2D eigenvalue weighted by atomic mass is 10.1. The second kappa shape index (κ2) is 5.99. The fourth-order valence-corrected chi connectivity index (χ4v) is 1.58. The van der Waals surface area contributed by atoms with E-state index in [-0.39, 0.29) is 5.54 Å². The zero-order chi connectivity index (χ0) is 12.0. The molecule has 1 aromatic carbocycles. The maximum Gasteiger partial charge on any atom is 0.0914 e. The number of aliphatic hydroxyl groups excluding tert-OH is 1. The Balaban J connectivity index is 2.44. The molecule has 1 aromatic rings. The molecular formula is C13H21NO2. The van der Waals surface area contributed by atoms with Crippen LogP contribution in [-0.4, -0.2) is 30.9 Å². The molecule has 90 valence electrons. The Morgan fingerprint density at radius 1 is 1.31 bits per heavy atom. The zero-order valence-corrected chi connectivity index (χ0v) is 10.2. The minimum Gasteiger partial charge on any atom is -0.387 e. The van der Waals surface area contributed by atoms with Crippen LogP contribution in [0.2, 0.25) is 0 Å². The van der Waals surface area contributed by atoms with E-state index in [0.29, 0.717) is 13.2 Å². The van der Waals surface area contributed by atoms with E-state index in [1.54, 1.807) is 7.11 Å². The molecular weight excluding hydrogens is 202 g/mol. The Morgan fingerprint density at radius 3 is 2.50 bits per heavy atom. The molecule has 2 N–H and O–H groups in total. The average molecular weight is 223 g/mol. The molecule has 3 heteroatoms. The molecule has 1 unspecified atom stereocenters. The monoisotopic (exact) mass is 223 g/mol. The summed E-state index contributed by atoms with van der Waals surface area (Å²) in [4.78, 5) is 0. The van der Waals surface area contributed by atoms with Gasteiger partial charge in [0.15, 0.2) is 0 Å². The van der Waals surface area contributed by atoms with Crippen LogP contribution in [0.3, 0.4) is 0 Å². The summed E-state index contributed by atoms with van der Waals surface area (Å²) in [6.07, 6.45) is -0.475. The predicted octanol–water partition coefficient (Wildman–Crippen LogP) is 1.73. The molecule has 0 aliphatic heterocycles. The van der Waals surface area contributed by atoms with Crippen molar-refractivity contribution in [1.82, 2.24) is 5.32 Å². The standard InChI is InChI=1S/C13H21NO2/c1-13(2,10-16-3)14-9-12(15)11-7-5-4-6-8-11/h4-8,12,14-15H,9-10H2,1-3H3. The minimum atomic E-state index is -0.475. The van der Waals surface area contributed by atoms with Crippen LogP contribution in [0.25, 0.3) is 0 Å². The lowest BCUT2D eigenvalue weighted by Gasteiger charge is -2.27. The van der Waals surface area contributed by atoms with Crippen LogP contribution in [0.5, 0.6) is 0 Å². The van der Waals surface area contributed by atoms with Gasteiger partial charge in [-0.1, -0.05) is 30.3 Å². The van der Waals surface area contributed by atoms with Crippen LogP contribution < -0.4 is 5.32 Å². The van der Waals surface area contributed by atoms with Crippen LogP contribution in [0.15, 0.2) is 30.3 Å². The maximum atomic E-state index is 9.95. The molecule has 1 atom stereocenters. The van der Waals surface area contributed by atoms with Gasteiger partial charge < -0.3 is 15.2 Å². The van der Waals surface area contributed by atoms with Crippen LogP contribution in [0.4, 0.5) is 0 Å². The summed E-state index contributed by atoms with van der Waals surface area (Å²) < 4.78 is 5.10. The third-order valence-electron chi connectivity index (χ3n) is 2.46. The third kappa shape index (κ3) is 4.31. The lowest BCUT2D eigenvalue weighted by Crippen LogP contribution is -2.45. The largest absolute Gasteiger partial charge is 0.387 e. The van der Waals surface area contributed by atoms with Gasteiger partial charge in [-0.25, -0.2) is 0 Å². The second-order valence-electron chi connectivity index (χ2n) is 4.62. The highest BCUT2D eigenvalue weighted by Crippen LogP contribution is 2.12. The molecule has 0 fully saturated rings. The number of nitrogens with one attached hydrogen (secondary N) is 1. The molecule has 0 aliphatic rings. The number of β-amino-alcohol motifs (C(OH)–C–C–N with tert-alkyl or cyclic N) is 1. The highest BCUT2D eigenvalue weighted by atomic mass is 16.5. The molecule has 0 heterocycles. The van der Waals surface area contributed by atoms with Crippen molar-refractivity contribution in [2.45, 2.75) is 25.5 Å². The molecule has 0 aromatic heterocycles. The molecule has 0 saturated heterocycles. The van der Waals surface area contributed by atoms with Crippen molar-refractivity contribution >= 4 is 0 Å². The summed E-state index contributed by atoms with van der Waals surface area (Å²) in [5.74, 6) is 0. The highest BCUT2D eigenvalue weighted by Gasteiger charge is 2.18. The molecule has 0 aliphatic carbocycles. The fourth-order valence-electron chi connectivity index (χ4n) is 1.58. The first-order chi connectivity index (χ1) is 7.55. The molecule has 0 bridgehead atoms. The number of benzene rings is 1. The Hall–Kier alpha value is -0.900. The fraction of sp³-hybridized carbons (Fsp3) is 0.538. The van der Waals surface area contributed by atoms with Crippen molar-refractivity contribution in [3.63, 3.8) is 0 Å². The molecule has 0 radical (unpaired) electrons. The van der Waals surface area contributed by atoms with Crippen molar-refractivity contribution in [2.24, 2.45) is 0 Å². The zero-order valence-electron chi connectivity index (χ0n) is 10.2. The highest BCUT2D eigenvalue weighted by molar-refractivity contribution is 5.17. The molecule has 0 spiro atoms. The first-order valence-electron chi connectivity index (χ1n) is 5.52. The number of hydrogen-bond acceptors (Lipinski definition) is 3. The summed E-state index contributed by atoms with van der Waals surface area (Å²) in [5, 5.41) is 13.2.